The van der Waals surface area contributed by atoms with Gasteiger partial charge in [-0.05, 0) is 42.5 Å². The van der Waals surface area contributed by atoms with Gasteiger partial charge in [-0.2, -0.15) is 0 Å². The van der Waals surface area contributed by atoms with Crippen LogP contribution in [0.25, 0.3) is 0 Å². The highest BCUT2D eigenvalue weighted by Gasteiger charge is 2.36. The lowest BCUT2D eigenvalue weighted by atomic mass is 10.1. The zero-order valence-electron chi connectivity index (χ0n) is 6.40. The minimum atomic E-state index is 0.725. The highest BCUT2D eigenvalue weighted by Crippen LogP contribution is 2.46. The van der Waals surface area contributed by atoms with E-state index in [0.29, 0.717) is 0 Å². The lowest BCUT2D eigenvalue weighted by Gasteiger charge is -1.95. The van der Waals surface area contributed by atoms with Gasteiger partial charge in [-0.15, -0.1) is 0 Å². The molecule has 1 fully saturated rings. The van der Waals surface area contributed by atoms with Crippen molar-refractivity contribution in [1.82, 2.24) is 4.98 Å². The van der Waals surface area contributed by atoms with E-state index in [-0.39, 0.29) is 0 Å². The van der Waals surface area contributed by atoms with Crippen LogP contribution in [0.1, 0.15) is 17.9 Å². The predicted molar refractivity (Wildman–Crippen MR) is 44.1 cm³/mol. The average Bonchev–Trinajstić information content (AvgIpc) is 2.85. The highest BCUT2D eigenvalue weighted by molar-refractivity contribution is 5.23. The Morgan fingerprint density at radius 3 is 2.73 bits per heavy atom. The lowest BCUT2D eigenvalue weighted by Crippen LogP contribution is -2.01. The molecule has 1 saturated carbocycles. The zero-order chi connectivity index (χ0) is 7.68. The minimum absolute atomic E-state index is 0.725. The molecule has 1 aromatic heterocycles. The van der Waals surface area contributed by atoms with Gasteiger partial charge in [0.25, 0.3) is 0 Å². The number of hydrogen-bond acceptors (Lipinski definition) is 2. The minimum Gasteiger partial charge on any atom is -0.330 e. The fraction of sp³-hybridized carbons (Fsp3) is 0.444. The van der Waals surface area contributed by atoms with Gasteiger partial charge in [-0.25, -0.2) is 0 Å². The summed E-state index contributed by atoms with van der Waals surface area (Å²) in [5.41, 5.74) is 6.94. The number of aromatic nitrogens is 1. The number of hydrogen-bond donors (Lipinski definition) is 1. The van der Waals surface area contributed by atoms with Crippen molar-refractivity contribution in [2.45, 2.75) is 12.3 Å². The molecule has 2 heteroatoms. The van der Waals surface area contributed by atoms with Crippen LogP contribution in [-0.4, -0.2) is 11.5 Å². The van der Waals surface area contributed by atoms with Crippen LogP contribution in [0, 0.1) is 5.92 Å². The summed E-state index contributed by atoms with van der Waals surface area (Å²) in [5.74, 6) is 1.46. The molecule has 0 radical (unpaired) electrons. The summed E-state index contributed by atoms with van der Waals surface area (Å²) in [6, 6.07) is 4.17. The van der Waals surface area contributed by atoms with Crippen LogP contribution in [0.4, 0.5) is 0 Å². The summed E-state index contributed by atoms with van der Waals surface area (Å²) in [5, 5.41) is 0. The maximum atomic E-state index is 5.55. The number of nitrogens with two attached hydrogens (primary N) is 1. The van der Waals surface area contributed by atoms with E-state index in [1.165, 1.54) is 12.0 Å². The van der Waals surface area contributed by atoms with Crippen LogP contribution in [-0.2, 0) is 0 Å². The summed E-state index contributed by atoms with van der Waals surface area (Å²) in [4.78, 5) is 3.98. The van der Waals surface area contributed by atoms with Crippen LogP contribution in [0.3, 0.4) is 0 Å². The Morgan fingerprint density at radius 2 is 2.18 bits per heavy atom. The molecule has 0 spiro atoms. The normalized spacial score (nSPS) is 28.5. The molecule has 1 aliphatic carbocycles. The van der Waals surface area contributed by atoms with E-state index in [1.54, 1.807) is 0 Å². The molecule has 0 amide bonds. The fourth-order valence-corrected chi connectivity index (χ4v) is 1.53. The largest absolute Gasteiger partial charge is 0.330 e. The molecule has 2 nitrogen and oxygen atoms in total. The van der Waals surface area contributed by atoms with E-state index in [9.17, 15) is 0 Å². The summed E-state index contributed by atoms with van der Waals surface area (Å²) in [7, 11) is 0. The van der Waals surface area contributed by atoms with Crippen molar-refractivity contribution in [3.8, 4) is 0 Å². The molecular weight excluding hydrogens is 136 g/mol. The molecule has 1 aliphatic rings. The SMILES string of the molecule is NC[C@H]1C[C@@H]1c1ccncc1. The van der Waals surface area contributed by atoms with Gasteiger partial charge in [0.2, 0.25) is 0 Å². The Morgan fingerprint density at radius 1 is 1.45 bits per heavy atom. The molecule has 2 rings (SSSR count). The number of pyridine rings is 1. The zero-order valence-corrected chi connectivity index (χ0v) is 6.40. The standard InChI is InChI=1S/C9H12N2/c10-6-8-5-9(8)7-1-3-11-4-2-7/h1-4,8-9H,5-6,10H2/t8-,9-/m1/s1. The smallest absolute Gasteiger partial charge is 0.0270 e. The molecule has 1 heterocycles. The van der Waals surface area contributed by atoms with E-state index >= 15 is 0 Å². The van der Waals surface area contributed by atoms with Crippen molar-refractivity contribution >= 4 is 0 Å². The van der Waals surface area contributed by atoms with E-state index < -0.39 is 0 Å². The summed E-state index contributed by atoms with van der Waals surface area (Å²) < 4.78 is 0. The third-order valence-electron chi connectivity index (χ3n) is 2.36. The first-order valence-corrected chi connectivity index (χ1v) is 4.02. The molecule has 2 atom stereocenters. The summed E-state index contributed by atoms with van der Waals surface area (Å²) in [6.07, 6.45) is 4.96. The molecule has 0 unspecified atom stereocenters. The second-order valence-electron chi connectivity index (χ2n) is 3.12. The molecule has 0 bridgehead atoms. The summed E-state index contributed by atoms with van der Waals surface area (Å²) >= 11 is 0. The molecule has 0 aromatic carbocycles. The molecule has 2 N–H and O–H groups in total. The molecule has 0 aliphatic heterocycles. The lowest BCUT2D eigenvalue weighted by molar-refractivity contribution is 0.809. The number of rotatable bonds is 2. The van der Waals surface area contributed by atoms with Gasteiger partial charge in [-0.1, -0.05) is 0 Å². The Labute approximate surface area is 66.4 Å². The maximum absolute atomic E-state index is 5.55. The second-order valence-corrected chi connectivity index (χ2v) is 3.12. The first-order valence-electron chi connectivity index (χ1n) is 4.02. The van der Waals surface area contributed by atoms with Crippen LogP contribution < -0.4 is 5.73 Å². The molecule has 1 aromatic rings. The van der Waals surface area contributed by atoms with E-state index in [2.05, 4.69) is 17.1 Å². The average molecular weight is 148 g/mol. The van der Waals surface area contributed by atoms with Gasteiger partial charge in [0.05, 0.1) is 0 Å². The first kappa shape index (κ1) is 6.80. The Balaban J connectivity index is 2.09. The third-order valence-corrected chi connectivity index (χ3v) is 2.36. The van der Waals surface area contributed by atoms with Crippen molar-refractivity contribution in [1.29, 1.82) is 0 Å². The fourth-order valence-electron chi connectivity index (χ4n) is 1.53. The van der Waals surface area contributed by atoms with E-state index in [1.807, 2.05) is 12.4 Å². The van der Waals surface area contributed by atoms with Crippen LogP contribution >= 0.6 is 0 Å². The van der Waals surface area contributed by atoms with Crippen molar-refractivity contribution in [2.75, 3.05) is 6.54 Å². The second kappa shape index (κ2) is 2.62. The topological polar surface area (TPSA) is 38.9 Å². The van der Waals surface area contributed by atoms with E-state index in [4.69, 9.17) is 5.73 Å². The van der Waals surface area contributed by atoms with Gasteiger partial charge in [0, 0.05) is 12.4 Å². The molecule has 0 saturated heterocycles. The molecule has 58 valence electrons. The number of nitrogens with zero attached hydrogens (tertiary/aromatic N) is 1. The monoisotopic (exact) mass is 148 g/mol. The van der Waals surface area contributed by atoms with Crippen molar-refractivity contribution < 1.29 is 0 Å². The third kappa shape index (κ3) is 1.26. The Kier molecular flexibility index (Phi) is 1.62. The van der Waals surface area contributed by atoms with Gasteiger partial charge < -0.3 is 5.73 Å². The molecule has 11 heavy (non-hydrogen) atoms. The predicted octanol–water partition coefficient (Wildman–Crippen LogP) is 1.14. The van der Waals surface area contributed by atoms with Crippen molar-refractivity contribution in [3.05, 3.63) is 30.1 Å². The summed E-state index contributed by atoms with van der Waals surface area (Å²) in [6.45, 7) is 0.826. The first-order chi connectivity index (χ1) is 5.42. The molecular formula is C9H12N2. The van der Waals surface area contributed by atoms with Gasteiger partial charge >= 0.3 is 0 Å². The highest BCUT2D eigenvalue weighted by atomic mass is 14.6. The van der Waals surface area contributed by atoms with Gasteiger partial charge in [-0.3, -0.25) is 4.98 Å². The van der Waals surface area contributed by atoms with E-state index in [0.717, 1.165) is 18.4 Å². The van der Waals surface area contributed by atoms with Crippen LogP contribution in [0.5, 0.6) is 0 Å². The quantitative estimate of drug-likeness (QED) is 0.683. The van der Waals surface area contributed by atoms with Crippen molar-refractivity contribution in [2.24, 2.45) is 11.7 Å². The van der Waals surface area contributed by atoms with Crippen LogP contribution in [0.2, 0.25) is 0 Å². The van der Waals surface area contributed by atoms with Crippen LogP contribution in [0.15, 0.2) is 24.5 Å². The Bertz CT molecular complexity index is 233. The van der Waals surface area contributed by atoms with Gasteiger partial charge in [0.1, 0.15) is 0 Å². The Hall–Kier alpha value is -0.890. The van der Waals surface area contributed by atoms with Crippen molar-refractivity contribution in [3.63, 3.8) is 0 Å². The maximum Gasteiger partial charge on any atom is 0.0270 e. The van der Waals surface area contributed by atoms with Gasteiger partial charge in [0.15, 0.2) is 0 Å².